The van der Waals surface area contributed by atoms with Crippen LogP contribution in [0.15, 0.2) is 52.1 Å². The Morgan fingerprint density at radius 2 is 1.96 bits per heavy atom. The zero-order chi connectivity index (χ0) is 18.5. The van der Waals surface area contributed by atoms with Crippen molar-refractivity contribution < 1.29 is 9.21 Å². The van der Waals surface area contributed by atoms with Gasteiger partial charge in [0.15, 0.2) is 5.58 Å². The Bertz CT molecular complexity index is 921. The molecule has 5 nitrogen and oxygen atoms in total. The molecule has 0 aliphatic heterocycles. The number of rotatable bonds is 6. The molecule has 6 heteroatoms. The van der Waals surface area contributed by atoms with Gasteiger partial charge in [-0.1, -0.05) is 30.0 Å². The van der Waals surface area contributed by atoms with Gasteiger partial charge in [-0.25, -0.2) is 4.98 Å². The van der Waals surface area contributed by atoms with Crippen LogP contribution in [0.25, 0.3) is 11.1 Å². The summed E-state index contributed by atoms with van der Waals surface area (Å²) in [7, 11) is 0. The summed E-state index contributed by atoms with van der Waals surface area (Å²) in [6.07, 6.45) is 0.284. The van der Waals surface area contributed by atoms with Gasteiger partial charge in [0.2, 0.25) is 5.91 Å². The third-order valence-corrected chi connectivity index (χ3v) is 4.67. The summed E-state index contributed by atoms with van der Waals surface area (Å²) < 4.78 is 5.65. The molecule has 1 amide bonds. The lowest BCUT2D eigenvalue weighted by atomic mass is 10.1. The van der Waals surface area contributed by atoms with Gasteiger partial charge in [0.05, 0.1) is 18.2 Å². The molecule has 0 N–H and O–H groups in total. The van der Waals surface area contributed by atoms with E-state index in [-0.39, 0.29) is 18.1 Å². The Morgan fingerprint density at radius 3 is 2.65 bits per heavy atom. The van der Waals surface area contributed by atoms with Crippen LogP contribution in [0.3, 0.4) is 0 Å². The predicted molar refractivity (Wildman–Crippen MR) is 103 cm³/mol. The zero-order valence-corrected chi connectivity index (χ0v) is 15.5. The molecule has 0 saturated carbocycles. The van der Waals surface area contributed by atoms with Crippen molar-refractivity contribution in [2.24, 2.45) is 0 Å². The van der Waals surface area contributed by atoms with Crippen LogP contribution in [-0.4, -0.2) is 23.2 Å². The van der Waals surface area contributed by atoms with Crippen LogP contribution >= 0.6 is 11.8 Å². The summed E-state index contributed by atoms with van der Waals surface area (Å²) >= 11 is 1.27. The fourth-order valence-corrected chi connectivity index (χ4v) is 3.49. The fraction of sp³-hybridized carbons (Fsp3) is 0.250. The molecular formula is C20H19N3O2S. The second kappa shape index (κ2) is 8.07. The van der Waals surface area contributed by atoms with Crippen LogP contribution in [0.1, 0.15) is 17.5 Å². The first-order valence-electron chi connectivity index (χ1n) is 8.31. The van der Waals surface area contributed by atoms with Crippen LogP contribution in [0, 0.1) is 25.2 Å². The molecule has 26 heavy (non-hydrogen) atoms. The van der Waals surface area contributed by atoms with Crippen LogP contribution in [0.2, 0.25) is 0 Å². The number of fused-ring (bicyclic) bond motifs is 1. The van der Waals surface area contributed by atoms with E-state index in [0.29, 0.717) is 17.4 Å². The Kier molecular flexibility index (Phi) is 5.59. The van der Waals surface area contributed by atoms with Crippen LogP contribution in [0.4, 0.5) is 5.69 Å². The number of hydrogen-bond acceptors (Lipinski definition) is 5. The van der Waals surface area contributed by atoms with E-state index >= 15 is 0 Å². The van der Waals surface area contributed by atoms with E-state index in [9.17, 15) is 4.79 Å². The van der Waals surface area contributed by atoms with Gasteiger partial charge in [0.1, 0.15) is 5.52 Å². The van der Waals surface area contributed by atoms with E-state index in [1.807, 2.05) is 50.2 Å². The summed E-state index contributed by atoms with van der Waals surface area (Å²) in [5.74, 6) is 0.128. The lowest BCUT2D eigenvalue weighted by molar-refractivity contribution is -0.116. The predicted octanol–water partition coefficient (Wildman–Crippen LogP) is 4.48. The number of aromatic nitrogens is 1. The van der Waals surface area contributed by atoms with Crippen molar-refractivity contribution in [3.63, 3.8) is 0 Å². The average Bonchev–Trinajstić information content (AvgIpc) is 3.02. The van der Waals surface area contributed by atoms with Crippen molar-refractivity contribution in [1.29, 1.82) is 5.26 Å². The molecule has 2 aromatic carbocycles. The number of hydrogen-bond donors (Lipinski definition) is 0. The smallest absolute Gasteiger partial charge is 0.257 e. The molecule has 0 atom stereocenters. The molecule has 0 spiro atoms. The van der Waals surface area contributed by atoms with Gasteiger partial charge >= 0.3 is 0 Å². The number of anilines is 1. The third-order valence-electron chi connectivity index (χ3n) is 3.86. The first kappa shape index (κ1) is 18.0. The highest BCUT2D eigenvalue weighted by Crippen LogP contribution is 2.25. The van der Waals surface area contributed by atoms with Crippen molar-refractivity contribution in [1.82, 2.24) is 4.98 Å². The van der Waals surface area contributed by atoms with E-state index in [1.54, 1.807) is 4.90 Å². The highest BCUT2D eigenvalue weighted by molar-refractivity contribution is 7.99. The van der Waals surface area contributed by atoms with Gasteiger partial charge in [-0.3, -0.25) is 4.79 Å². The molecule has 132 valence electrons. The van der Waals surface area contributed by atoms with Crippen molar-refractivity contribution in [3.8, 4) is 6.07 Å². The molecule has 0 radical (unpaired) electrons. The van der Waals surface area contributed by atoms with Gasteiger partial charge in [0, 0.05) is 12.2 Å². The Labute approximate surface area is 156 Å². The van der Waals surface area contributed by atoms with Crippen LogP contribution in [0.5, 0.6) is 0 Å². The van der Waals surface area contributed by atoms with E-state index < -0.39 is 0 Å². The summed E-state index contributed by atoms with van der Waals surface area (Å²) in [5.41, 5.74) is 4.47. The van der Waals surface area contributed by atoms with E-state index in [1.165, 1.54) is 11.8 Å². The Balaban J connectivity index is 1.75. The minimum absolute atomic E-state index is 0.0718. The molecule has 0 saturated heterocycles. The number of benzene rings is 2. The number of nitriles is 1. The molecule has 0 unspecified atom stereocenters. The van der Waals surface area contributed by atoms with E-state index in [4.69, 9.17) is 9.68 Å². The normalized spacial score (nSPS) is 10.7. The minimum Gasteiger partial charge on any atom is -0.431 e. The van der Waals surface area contributed by atoms with E-state index in [2.05, 4.69) is 17.1 Å². The topological polar surface area (TPSA) is 70.1 Å². The van der Waals surface area contributed by atoms with Crippen molar-refractivity contribution in [2.75, 3.05) is 17.2 Å². The van der Waals surface area contributed by atoms with Crippen molar-refractivity contribution in [2.45, 2.75) is 25.5 Å². The summed E-state index contributed by atoms with van der Waals surface area (Å²) in [5, 5.41) is 9.40. The lowest BCUT2D eigenvalue weighted by Crippen LogP contribution is -2.33. The van der Waals surface area contributed by atoms with E-state index in [0.717, 1.165) is 22.3 Å². The standard InChI is InChI=1S/C20H19N3O2S/c1-14-10-15(2)12-16(11-14)23(9-5-8-21)19(24)13-26-20-22-17-6-3-4-7-18(17)25-20/h3-4,6-7,10-12H,5,9,13H2,1-2H3. The number of amides is 1. The largest absolute Gasteiger partial charge is 0.431 e. The number of carbonyl (C=O) groups excluding carboxylic acids is 1. The molecular weight excluding hydrogens is 346 g/mol. The Hall–Kier alpha value is -2.78. The molecule has 0 aliphatic carbocycles. The second-order valence-electron chi connectivity index (χ2n) is 6.04. The van der Waals surface area contributed by atoms with Gasteiger partial charge in [-0.15, -0.1) is 0 Å². The highest BCUT2D eigenvalue weighted by atomic mass is 32.2. The number of oxazole rings is 1. The molecule has 1 heterocycles. The summed E-state index contributed by atoms with van der Waals surface area (Å²) in [4.78, 5) is 18.8. The SMILES string of the molecule is Cc1cc(C)cc(N(CCC#N)C(=O)CSc2nc3ccccc3o2)c1. The average molecular weight is 365 g/mol. The number of thioether (sulfide) groups is 1. The second-order valence-corrected chi connectivity index (χ2v) is 6.96. The number of aryl methyl sites for hydroxylation is 2. The quantitative estimate of drug-likeness (QED) is 0.602. The van der Waals surface area contributed by atoms with Crippen molar-refractivity contribution >= 4 is 34.5 Å². The molecule has 1 aromatic heterocycles. The Morgan fingerprint density at radius 1 is 1.23 bits per heavy atom. The van der Waals surface area contributed by atoms with Gasteiger partial charge in [-0.2, -0.15) is 5.26 Å². The maximum atomic E-state index is 12.8. The maximum Gasteiger partial charge on any atom is 0.257 e. The first-order chi connectivity index (χ1) is 12.6. The minimum atomic E-state index is -0.0718. The van der Waals surface area contributed by atoms with Gasteiger partial charge in [0.25, 0.3) is 5.22 Å². The summed E-state index contributed by atoms with van der Waals surface area (Å²) in [6, 6.07) is 15.6. The van der Waals surface area contributed by atoms with Crippen LogP contribution < -0.4 is 4.90 Å². The monoisotopic (exact) mass is 365 g/mol. The highest BCUT2D eigenvalue weighted by Gasteiger charge is 2.18. The number of nitrogens with zero attached hydrogens (tertiary/aromatic N) is 3. The molecule has 3 rings (SSSR count). The zero-order valence-electron chi connectivity index (χ0n) is 14.7. The fourth-order valence-electron chi connectivity index (χ4n) is 2.78. The number of para-hydroxylation sites is 2. The van der Waals surface area contributed by atoms with Gasteiger partial charge < -0.3 is 9.32 Å². The molecule has 0 aliphatic rings. The maximum absolute atomic E-state index is 12.8. The third kappa shape index (κ3) is 4.24. The van der Waals surface area contributed by atoms with Crippen molar-refractivity contribution in [3.05, 3.63) is 53.6 Å². The first-order valence-corrected chi connectivity index (χ1v) is 9.29. The lowest BCUT2D eigenvalue weighted by Gasteiger charge is -2.22. The van der Waals surface area contributed by atoms with Gasteiger partial charge in [-0.05, 0) is 49.2 Å². The molecule has 3 aromatic rings. The number of carbonyl (C=O) groups is 1. The summed E-state index contributed by atoms with van der Waals surface area (Å²) in [6.45, 7) is 4.36. The molecule has 0 fully saturated rings. The molecule has 0 bridgehead atoms. The van der Waals surface area contributed by atoms with Crippen LogP contribution in [-0.2, 0) is 4.79 Å².